The maximum absolute atomic E-state index is 12.9. The van der Waals surface area contributed by atoms with Gasteiger partial charge in [0.25, 0.3) is 11.2 Å². The molecule has 1 aromatic carbocycles. The topological polar surface area (TPSA) is 147 Å². The Balaban J connectivity index is 2.11. The molecule has 0 bridgehead atoms. The van der Waals surface area contributed by atoms with E-state index in [1.54, 1.807) is 25.3 Å². The summed E-state index contributed by atoms with van der Waals surface area (Å²) in [6, 6.07) is 9.57. The number of aromatic nitrogens is 2. The largest absolute Gasteiger partial charge is 0.493 e. The van der Waals surface area contributed by atoms with E-state index in [1.165, 1.54) is 31.3 Å². The Labute approximate surface area is 170 Å². The summed E-state index contributed by atoms with van der Waals surface area (Å²) >= 11 is 0. The van der Waals surface area contributed by atoms with Gasteiger partial charge in [0.05, 0.1) is 17.2 Å². The molecule has 0 unspecified atom stereocenters. The zero-order valence-corrected chi connectivity index (χ0v) is 16.1. The molecule has 0 radical (unpaired) electrons. The molecule has 0 aliphatic heterocycles. The number of nitriles is 1. The zero-order chi connectivity index (χ0) is 21.8. The van der Waals surface area contributed by atoms with Crippen LogP contribution < -0.4 is 5.56 Å². The second-order valence-electron chi connectivity index (χ2n) is 6.46. The molecule has 0 saturated heterocycles. The second-order valence-corrected chi connectivity index (χ2v) is 6.46. The average Bonchev–Trinajstić information content (AvgIpc) is 2.73. The maximum Gasteiger partial charge on any atom is 0.281 e. The van der Waals surface area contributed by atoms with Crippen LogP contribution >= 0.6 is 0 Å². The van der Waals surface area contributed by atoms with Gasteiger partial charge in [0, 0.05) is 29.6 Å². The molecule has 10 nitrogen and oxygen atoms in total. The lowest BCUT2D eigenvalue weighted by molar-refractivity contribution is -0.385. The van der Waals surface area contributed by atoms with Crippen molar-refractivity contribution in [2.75, 3.05) is 0 Å². The monoisotopic (exact) mass is 404 g/mol. The summed E-state index contributed by atoms with van der Waals surface area (Å²) < 4.78 is 1.01. The summed E-state index contributed by atoms with van der Waals surface area (Å²) in [7, 11) is 0. The predicted octanol–water partition coefficient (Wildman–Crippen LogP) is 3.81. The highest BCUT2D eigenvalue weighted by Gasteiger charge is 2.19. The van der Waals surface area contributed by atoms with Crippen LogP contribution in [-0.2, 0) is 6.54 Å². The molecule has 3 rings (SSSR count). The van der Waals surface area contributed by atoms with Crippen LogP contribution in [0.5, 0.6) is 5.88 Å². The number of hydrogen-bond donors (Lipinski definition) is 1. The molecule has 0 atom stereocenters. The molecule has 10 heteroatoms. The maximum atomic E-state index is 12.9. The van der Waals surface area contributed by atoms with Crippen molar-refractivity contribution in [3.05, 3.63) is 85.4 Å². The van der Waals surface area contributed by atoms with E-state index in [0.29, 0.717) is 11.1 Å². The van der Waals surface area contributed by atoms with Crippen molar-refractivity contribution in [2.24, 2.45) is 10.2 Å². The number of nitro benzene ring substituents is 1. The molecule has 150 valence electrons. The lowest BCUT2D eigenvalue weighted by atomic mass is 10.1. The lowest BCUT2D eigenvalue weighted by Crippen LogP contribution is -2.22. The number of pyridine rings is 2. The number of nitro groups is 1. The first kappa shape index (κ1) is 20.3. The van der Waals surface area contributed by atoms with Gasteiger partial charge in [0.1, 0.15) is 11.6 Å². The van der Waals surface area contributed by atoms with E-state index in [4.69, 9.17) is 0 Å². The van der Waals surface area contributed by atoms with Gasteiger partial charge >= 0.3 is 0 Å². The number of aryl methyl sites for hydroxylation is 1. The number of aromatic hydroxyl groups is 1. The Hall–Kier alpha value is -4.39. The van der Waals surface area contributed by atoms with Gasteiger partial charge in [-0.3, -0.25) is 24.5 Å². The van der Waals surface area contributed by atoms with Crippen LogP contribution in [0.1, 0.15) is 22.3 Å². The van der Waals surface area contributed by atoms with Crippen LogP contribution in [0.2, 0.25) is 0 Å². The molecule has 0 saturated carbocycles. The van der Waals surface area contributed by atoms with Crippen molar-refractivity contribution in [3.8, 4) is 11.9 Å². The van der Waals surface area contributed by atoms with E-state index in [1.807, 2.05) is 6.07 Å². The number of rotatable bonds is 5. The summed E-state index contributed by atoms with van der Waals surface area (Å²) in [5.41, 5.74) is 0.409. The quantitative estimate of drug-likeness (QED) is 0.388. The van der Waals surface area contributed by atoms with Crippen LogP contribution in [0.3, 0.4) is 0 Å². The molecule has 0 aliphatic rings. The smallest absolute Gasteiger partial charge is 0.281 e. The van der Waals surface area contributed by atoms with Crippen LogP contribution in [0.15, 0.2) is 57.7 Å². The Bertz CT molecular complexity index is 1260. The molecule has 30 heavy (non-hydrogen) atoms. The Kier molecular flexibility index (Phi) is 5.64. The fraction of sp³-hybridized carbons (Fsp3) is 0.150. The van der Waals surface area contributed by atoms with Crippen molar-refractivity contribution < 1.29 is 10.0 Å². The highest BCUT2D eigenvalue weighted by Crippen LogP contribution is 2.29. The third-order valence-electron chi connectivity index (χ3n) is 4.49. The van der Waals surface area contributed by atoms with Crippen molar-refractivity contribution in [1.29, 1.82) is 5.26 Å². The summed E-state index contributed by atoms with van der Waals surface area (Å²) in [5.74, 6) is -0.478. The van der Waals surface area contributed by atoms with Crippen LogP contribution in [-0.4, -0.2) is 19.6 Å². The molecule has 0 fully saturated rings. The second kappa shape index (κ2) is 8.32. The number of hydrogen-bond acceptors (Lipinski definition) is 8. The van der Waals surface area contributed by atoms with E-state index >= 15 is 0 Å². The minimum absolute atomic E-state index is 0.0218. The van der Waals surface area contributed by atoms with Crippen molar-refractivity contribution in [1.82, 2.24) is 9.55 Å². The van der Waals surface area contributed by atoms with Crippen LogP contribution in [0, 0.1) is 35.3 Å². The molecule has 2 aromatic heterocycles. The van der Waals surface area contributed by atoms with Crippen molar-refractivity contribution in [3.63, 3.8) is 0 Å². The molecule has 2 heterocycles. The van der Waals surface area contributed by atoms with Gasteiger partial charge in [-0.05, 0) is 31.5 Å². The fourth-order valence-corrected chi connectivity index (χ4v) is 2.84. The normalized spacial score (nSPS) is 10.8. The number of benzene rings is 1. The Morgan fingerprint density at radius 1 is 1.30 bits per heavy atom. The van der Waals surface area contributed by atoms with Gasteiger partial charge in [0.2, 0.25) is 5.88 Å². The third kappa shape index (κ3) is 3.90. The van der Waals surface area contributed by atoms with Gasteiger partial charge in [-0.2, -0.15) is 10.4 Å². The molecule has 0 spiro atoms. The van der Waals surface area contributed by atoms with Gasteiger partial charge < -0.3 is 5.11 Å². The van der Waals surface area contributed by atoms with Gasteiger partial charge in [0.15, 0.2) is 5.69 Å². The van der Waals surface area contributed by atoms with Gasteiger partial charge in [-0.25, -0.2) is 0 Å². The summed E-state index contributed by atoms with van der Waals surface area (Å²) in [4.78, 5) is 27.5. The van der Waals surface area contributed by atoms with Crippen LogP contribution in [0.4, 0.5) is 17.1 Å². The third-order valence-corrected chi connectivity index (χ3v) is 4.49. The van der Waals surface area contributed by atoms with E-state index in [0.717, 1.165) is 4.57 Å². The first-order chi connectivity index (χ1) is 14.3. The minimum atomic E-state index is -0.654. The first-order valence-electron chi connectivity index (χ1n) is 8.75. The van der Waals surface area contributed by atoms with Gasteiger partial charge in [-0.1, -0.05) is 12.1 Å². The van der Waals surface area contributed by atoms with E-state index < -0.39 is 16.4 Å². The molecule has 3 aromatic rings. The zero-order valence-electron chi connectivity index (χ0n) is 16.1. The average molecular weight is 404 g/mol. The number of azo groups is 1. The molecule has 1 N–H and O–H groups in total. The first-order valence-corrected chi connectivity index (χ1v) is 8.75. The van der Waals surface area contributed by atoms with Gasteiger partial charge in [-0.15, -0.1) is 5.11 Å². The summed E-state index contributed by atoms with van der Waals surface area (Å²) in [5, 5.41) is 38.9. The molecule has 0 aliphatic carbocycles. The van der Waals surface area contributed by atoms with E-state index in [-0.39, 0.29) is 34.7 Å². The fourth-order valence-electron chi connectivity index (χ4n) is 2.84. The number of nitrogens with zero attached hydrogens (tertiary/aromatic N) is 6. The highest BCUT2D eigenvalue weighted by atomic mass is 16.6. The molecule has 0 amide bonds. The summed E-state index contributed by atoms with van der Waals surface area (Å²) in [6.45, 7) is 3.05. The van der Waals surface area contributed by atoms with E-state index in [2.05, 4.69) is 15.2 Å². The lowest BCUT2D eigenvalue weighted by Gasteiger charge is -2.12. The molecular formula is C20H16N6O4. The highest BCUT2D eigenvalue weighted by molar-refractivity contribution is 5.57. The SMILES string of the molecule is Cc1ccc(N=Nc2c(C)c(C#N)c(O)n(Cc3cccnc3)c2=O)cc1[N+](=O)[O-]. The van der Waals surface area contributed by atoms with Crippen molar-refractivity contribution in [2.45, 2.75) is 20.4 Å². The minimum Gasteiger partial charge on any atom is -0.493 e. The predicted molar refractivity (Wildman–Crippen MR) is 107 cm³/mol. The van der Waals surface area contributed by atoms with Crippen molar-refractivity contribution >= 4 is 17.1 Å². The molecular weight excluding hydrogens is 388 g/mol. The standard InChI is InChI=1S/C20H16N6O4/c1-12-5-6-15(8-17(12)26(29)30)23-24-18-13(2)16(9-21)19(27)25(20(18)28)11-14-4-3-7-22-10-14/h3-8,10,27H,11H2,1-2H3. The Morgan fingerprint density at radius 3 is 2.70 bits per heavy atom. The van der Waals surface area contributed by atoms with E-state index in [9.17, 15) is 25.3 Å². The van der Waals surface area contributed by atoms with Crippen LogP contribution in [0.25, 0.3) is 0 Å². The summed E-state index contributed by atoms with van der Waals surface area (Å²) in [6.07, 6.45) is 3.10. The Morgan fingerprint density at radius 2 is 2.07 bits per heavy atom.